The van der Waals surface area contributed by atoms with Crippen molar-refractivity contribution in [3.8, 4) is 11.8 Å². The molecular formula is C22H25F3N6O4. The quantitative estimate of drug-likeness (QED) is 0.684. The van der Waals surface area contributed by atoms with E-state index in [1.54, 1.807) is 24.3 Å². The number of H-pyrrole nitrogens is 1. The molecule has 4 heterocycles. The van der Waals surface area contributed by atoms with Gasteiger partial charge in [0.05, 0.1) is 17.9 Å². The van der Waals surface area contributed by atoms with Crippen molar-refractivity contribution in [2.45, 2.75) is 32.0 Å². The van der Waals surface area contributed by atoms with Gasteiger partial charge in [-0.05, 0) is 25.0 Å². The molecule has 2 aliphatic heterocycles. The third kappa shape index (κ3) is 7.16. The van der Waals surface area contributed by atoms with Crippen molar-refractivity contribution in [1.29, 1.82) is 5.26 Å². The summed E-state index contributed by atoms with van der Waals surface area (Å²) in [6.45, 7) is 5.20. The number of hydrogen-bond acceptors (Lipinski definition) is 8. The molecule has 1 amide bonds. The molecule has 13 heteroatoms. The first kappa shape index (κ1) is 26.0. The van der Waals surface area contributed by atoms with E-state index in [4.69, 9.17) is 14.7 Å². The summed E-state index contributed by atoms with van der Waals surface area (Å²) in [5.74, 6) is 0.423. The van der Waals surface area contributed by atoms with Gasteiger partial charge in [-0.1, -0.05) is 0 Å². The number of rotatable bonds is 4. The zero-order valence-electron chi connectivity index (χ0n) is 19.0. The highest BCUT2D eigenvalue weighted by Crippen LogP contribution is 2.32. The number of aromatic nitrogens is 3. The summed E-state index contributed by atoms with van der Waals surface area (Å²) in [6.07, 6.45) is -0.995. The number of anilines is 1. The van der Waals surface area contributed by atoms with Crippen molar-refractivity contribution < 1.29 is 27.4 Å². The van der Waals surface area contributed by atoms with E-state index in [0.29, 0.717) is 12.2 Å². The van der Waals surface area contributed by atoms with Crippen molar-refractivity contribution >= 4 is 11.7 Å². The molecule has 1 N–H and O–H groups in total. The fourth-order valence-corrected chi connectivity index (χ4v) is 3.61. The van der Waals surface area contributed by atoms with Crippen LogP contribution in [0.1, 0.15) is 30.9 Å². The number of halogens is 3. The maximum absolute atomic E-state index is 12.7. The number of piperazine rings is 1. The second kappa shape index (κ2) is 11.7. The lowest BCUT2D eigenvalue weighted by Gasteiger charge is -2.34. The van der Waals surface area contributed by atoms with Crippen molar-refractivity contribution in [2.75, 3.05) is 44.3 Å². The number of nitrogens with zero attached hydrogens (tertiary/aromatic N) is 5. The molecule has 0 spiro atoms. The largest absolute Gasteiger partial charge is 0.488 e. The normalized spacial score (nSPS) is 17.9. The first-order valence-corrected chi connectivity index (χ1v) is 10.9. The summed E-state index contributed by atoms with van der Waals surface area (Å²) in [5.41, 5.74) is -2.11. The van der Waals surface area contributed by atoms with Crippen molar-refractivity contribution in [3.63, 3.8) is 0 Å². The third-order valence-electron chi connectivity index (χ3n) is 5.48. The molecule has 1 atom stereocenters. The molecule has 2 saturated heterocycles. The molecule has 35 heavy (non-hydrogen) atoms. The van der Waals surface area contributed by atoms with E-state index < -0.39 is 23.0 Å². The smallest absolute Gasteiger partial charge is 0.425 e. The van der Waals surface area contributed by atoms with Gasteiger partial charge in [-0.2, -0.15) is 23.5 Å². The van der Waals surface area contributed by atoms with Crippen LogP contribution in [-0.4, -0.2) is 71.5 Å². The van der Waals surface area contributed by atoms with Crippen LogP contribution in [0.2, 0.25) is 0 Å². The molecule has 2 aliphatic rings. The molecule has 4 rings (SSSR count). The molecule has 2 fully saturated rings. The average Bonchev–Trinajstić information content (AvgIpc) is 3.36. The Labute approximate surface area is 199 Å². The lowest BCUT2D eigenvalue weighted by atomic mass is 10.2. The Morgan fingerprint density at radius 1 is 1.29 bits per heavy atom. The second-order valence-corrected chi connectivity index (χ2v) is 7.89. The SMILES string of the molecule is CC(=O)N1CCN(c2ccc(C#N)cn2)CC1.O=c1[nH]ncc(OCC2CCCO2)c1C(F)(F)F. The molecule has 10 nitrogen and oxygen atoms in total. The fraction of sp³-hybridized carbons (Fsp3) is 0.500. The Morgan fingerprint density at radius 3 is 2.57 bits per heavy atom. The minimum atomic E-state index is -4.78. The number of aromatic amines is 1. The van der Waals surface area contributed by atoms with Crippen molar-refractivity contribution in [3.05, 3.63) is 46.0 Å². The first-order chi connectivity index (χ1) is 16.7. The molecular weight excluding hydrogens is 469 g/mol. The highest BCUT2D eigenvalue weighted by molar-refractivity contribution is 5.73. The molecule has 0 aliphatic carbocycles. The molecule has 1 unspecified atom stereocenters. The molecule has 0 bridgehead atoms. The van der Waals surface area contributed by atoms with E-state index in [2.05, 4.69) is 15.0 Å². The van der Waals surface area contributed by atoms with Crippen LogP contribution in [0.15, 0.2) is 29.3 Å². The fourth-order valence-electron chi connectivity index (χ4n) is 3.61. The number of nitrogens with one attached hydrogen (secondary N) is 1. The minimum Gasteiger partial charge on any atom is -0.488 e. The van der Waals surface area contributed by atoms with Gasteiger partial charge in [0, 0.05) is 45.9 Å². The van der Waals surface area contributed by atoms with E-state index in [1.165, 1.54) is 0 Å². The first-order valence-electron chi connectivity index (χ1n) is 10.9. The summed E-state index contributed by atoms with van der Waals surface area (Å²) < 4.78 is 48.2. The van der Waals surface area contributed by atoms with Crippen LogP contribution < -0.4 is 15.2 Å². The monoisotopic (exact) mass is 494 g/mol. The van der Waals surface area contributed by atoms with Gasteiger partial charge in [-0.25, -0.2) is 10.1 Å². The predicted octanol–water partition coefficient (Wildman–Crippen LogP) is 1.97. The van der Waals surface area contributed by atoms with Crippen molar-refractivity contribution in [1.82, 2.24) is 20.1 Å². The number of ether oxygens (including phenoxy) is 2. The Kier molecular flexibility index (Phi) is 8.64. The van der Waals surface area contributed by atoms with E-state index in [-0.39, 0.29) is 18.6 Å². The number of carbonyl (C=O) groups excluding carboxylic acids is 1. The van der Waals surface area contributed by atoms with Crippen LogP contribution in [0.4, 0.5) is 19.0 Å². The van der Waals surface area contributed by atoms with E-state index in [0.717, 1.165) is 51.0 Å². The van der Waals surface area contributed by atoms with Gasteiger partial charge in [0.1, 0.15) is 18.5 Å². The maximum Gasteiger partial charge on any atom is 0.425 e. The highest BCUT2D eigenvalue weighted by Gasteiger charge is 2.38. The zero-order chi connectivity index (χ0) is 25.4. The number of alkyl halides is 3. The summed E-state index contributed by atoms with van der Waals surface area (Å²) in [5, 5.41) is 13.7. The molecule has 188 valence electrons. The van der Waals surface area contributed by atoms with Gasteiger partial charge in [0.15, 0.2) is 11.3 Å². The van der Waals surface area contributed by atoms with E-state index >= 15 is 0 Å². The van der Waals surface area contributed by atoms with Crippen LogP contribution in [0.3, 0.4) is 0 Å². The van der Waals surface area contributed by atoms with Gasteiger partial charge in [0.25, 0.3) is 5.56 Å². The van der Waals surface area contributed by atoms with Crippen molar-refractivity contribution in [2.24, 2.45) is 0 Å². The highest BCUT2D eigenvalue weighted by atomic mass is 19.4. The number of hydrogen-bond donors (Lipinski definition) is 1. The third-order valence-corrected chi connectivity index (χ3v) is 5.48. The summed E-state index contributed by atoms with van der Waals surface area (Å²) in [4.78, 5) is 30.5. The maximum atomic E-state index is 12.7. The van der Waals surface area contributed by atoms with Gasteiger partial charge in [0.2, 0.25) is 5.91 Å². The minimum absolute atomic E-state index is 0.0196. The van der Waals surface area contributed by atoms with Gasteiger partial charge >= 0.3 is 6.18 Å². The number of amides is 1. The average molecular weight is 494 g/mol. The summed E-state index contributed by atoms with van der Waals surface area (Å²) in [6, 6.07) is 5.66. The van der Waals surface area contributed by atoms with Crippen LogP contribution in [0, 0.1) is 11.3 Å². The zero-order valence-corrected chi connectivity index (χ0v) is 19.0. The Bertz CT molecular complexity index is 1090. The summed E-state index contributed by atoms with van der Waals surface area (Å²) in [7, 11) is 0. The number of pyridine rings is 1. The van der Waals surface area contributed by atoms with Crippen LogP contribution in [0.25, 0.3) is 0 Å². The molecule has 2 aromatic rings. The Hall–Kier alpha value is -3.66. The number of carbonyl (C=O) groups is 1. The molecule has 2 aromatic heterocycles. The van der Waals surface area contributed by atoms with Crippen LogP contribution >= 0.6 is 0 Å². The summed E-state index contributed by atoms with van der Waals surface area (Å²) >= 11 is 0. The van der Waals surface area contributed by atoms with Gasteiger partial charge in [-0.3, -0.25) is 9.59 Å². The number of nitriles is 1. The topological polar surface area (TPSA) is 124 Å². The molecule has 0 aromatic carbocycles. The lowest BCUT2D eigenvalue weighted by Crippen LogP contribution is -2.48. The van der Waals surface area contributed by atoms with Gasteiger partial charge in [-0.15, -0.1) is 0 Å². The van der Waals surface area contributed by atoms with Crippen LogP contribution in [0.5, 0.6) is 5.75 Å². The van der Waals surface area contributed by atoms with E-state index in [9.17, 15) is 22.8 Å². The molecule has 0 saturated carbocycles. The van der Waals surface area contributed by atoms with Crippen LogP contribution in [-0.2, 0) is 15.7 Å². The second-order valence-electron chi connectivity index (χ2n) is 7.89. The molecule has 0 radical (unpaired) electrons. The standard InChI is InChI=1S/C12H14N4O.C10H11F3N2O3/c1-10(17)15-4-6-16(7-5-15)12-3-2-11(8-13)9-14-12;11-10(12,13)8-7(4-14-15-9(8)16)18-5-6-2-1-3-17-6/h2-3,9H,4-7H2,1H3;4,6H,1-3,5H2,(H,15,16). The lowest BCUT2D eigenvalue weighted by molar-refractivity contribution is -0.140. The van der Waals surface area contributed by atoms with E-state index in [1.807, 2.05) is 17.0 Å². The Balaban J connectivity index is 0.000000196. The predicted molar refractivity (Wildman–Crippen MR) is 118 cm³/mol. The van der Waals surface area contributed by atoms with Gasteiger partial charge < -0.3 is 19.3 Å². The Morgan fingerprint density at radius 2 is 2.03 bits per heavy atom.